The Morgan fingerprint density at radius 3 is 2.62 bits per heavy atom. The van der Waals surface area contributed by atoms with Gasteiger partial charge in [-0.05, 0) is 49.6 Å². The Labute approximate surface area is 234 Å². The monoisotopic (exact) mass is 543 g/mol. The lowest BCUT2D eigenvalue weighted by Crippen LogP contribution is -2.46. The van der Waals surface area contributed by atoms with Crippen molar-refractivity contribution in [2.45, 2.75) is 57.7 Å². The van der Waals surface area contributed by atoms with E-state index in [2.05, 4.69) is 65.8 Å². The minimum absolute atomic E-state index is 0.0288. The predicted molar refractivity (Wildman–Crippen MR) is 158 cm³/mol. The van der Waals surface area contributed by atoms with Gasteiger partial charge in [0.05, 0.1) is 4.88 Å². The van der Waals surface area contributed by atoms with E-state index in [0.717, 1.165) is 66.0 Å². The summed E-state index contributed by atoms with van der Waals surface area (Å²) in [4.78, 5) is 24.6. The minimum atomic E-state index is -0.0288. The molecule has 1 saturated heterocycles. The number of rotatable bonds is 7. The number of nitrogens with one attached hydrogen (secondary N) is 3. The first kappa shape index (κ1) is 25.8. The third-order valence-electron chi connectivity index (χ3n) is 7.56. The zero-order chi connectivity index (χ0) is 26.4. The lowest BCUT2D eigenvalue weighted by atomic mass is 9.96. The molecule has 5 heterocycles. The van der Waals surface area contributed by atoms with Crippen molar-refractivity contribution < 1.29 is 0 Å². The van der Waals surface area contributed by atoms with Crippen LogP contribution in [0.5, 0.6) is 0 Å². The molecule has 3 aliphatic rings. The summed E-state index contributed by atoms with van der Waals surface area (Å²) in [5.74, 6) is 2.75. The fraction of sp³-hybridized carbons (Fsp3) is 0.448. The van der Waals surface area contributed by atoms with Crippen molar-refractivity contribution in [2.24, 2.45) is 4.99 Å². The van der Waals surface area contributed by atoms with E-state index in [4.69, 9.17) is 4.99 Å². The Morgan fingerprint density at radius 1 is 0.974 bits per heavy atom. The van der Waals surface area contributed by atoms with Crippen LogP contribution in [0.15, 0.2) is 65.7 Å². The van der Waals surface area contributed by atoms with Gasteiger partial charge in [-0.3, -0.25) is 4.90 Å². The third kappa shape index (κ3) is 6.75. The van der Waals surface area contributed by atoms with E-state index < -0.39 is 0 Å². The van der Waals surface area contributed by atoms with Gasteiger partial charge in [-0.25, -0.2) is 19.9 Å². The summed E-state index contributed by atoms with van der Waals surface area (Å²) in [6.45, 7) is 7.01. The number of aliphatic imine (C=N–C) groups is 1. The Kier molecular flexibility index (Phi) is 8.01. The molecule has 0 aromatic carbocycles. The van der Waals surface area contributed by atoms with Gasteiger partial charge in [-0.15, -0.1) is 0 Å². The van der Waals surface area contributed by atoms with E-state index in [0.29, 0.717) is 6.04 Å². The van der Waals surface area contributed by atoms with Crippen LogP contribution in [0.1, 0.15) is 55.5 Å². The van der Waals surface area contributed by atoms with Gasteiger partial charge in [0, 0.05) is 63.1 Å². The Hall–Kier alpha value is -3.50. The molecule has 1 unspecified atom stereocenters. The van der Waals surface area contributed by atoms with Crippen molar-refractivity contribution in [2.75, 3.05) is 36.4 Å². The molecule has 10 heteroatoms. The summed E-state index contributed by atoms with van der Waals surface area (Å²) in [6.07, 6.45) is 14.3. The molecule has 1 atom stereocenters. The molecular formula is C29H37N9S. The zero-order valence-electron chi connectivity index (χ0n) is 22.5. The lowest BCUT2D eigenvalue weighted by Gasteiger charge is -2.35. The van der Waals surface area contributed by atoms with Gasteiger partial charge < -0.3 is 20.9 Å². The average molecular weight is 544 g/mol. The van der Waals surface area contributed by atoms with Crippen LogP contribution in [-0.2, 0) is 6.54 Å². The first-order valence-corrected chi connectivity index (χ1v) is 14.9. The van der Waals surface area contributed by atoms with Crippen LogP contribution in [0.3, 0.4) is 0 Å². The predicted octanol–water partition coefficient (Wildman–Crippen LogP) is 4.83. The number of anilines is 3. The zero-order valence-corrected chi connectivity index (χ0v) is 23.3. The summed E-state index contributed by atoms with van der Waals surface area (Å²) >= 11 is 1.63. The van der Waals surface area contributed by atoms with E-state index in [9.17, 15) is 0 Å². The summed E-state index contributed by atoms with van der Waals surface area (Å²) in [5.41, 5.74) is 2.33. The molecule has 3 N–H and O–H groups in total. The van der Waals surface area contributed by atoms with E-state index in [-0.39, 0.29) is 6.04 Å². The largest absolute Gasteiger partial charge is 0.354 e. The topological polar surface area (TPSA) is 93.6 Å². The second-order valence-corrected chi connectivity index (χ2v) is 11.6. The lowest BCUT2D eigenvalue weighted by molar-refractivity contribution is 0.249. The van der Waals surface area contributed by atoms with E-state index >= 15 is 0 Å². The standard InChI is InChI=1S/C29H37N9S/c1-21-17-24(35-28(33-21)34-23-7-3-2-4-8-23)25-19-32-29(39-25)36-26-11-10-22(18-31-26)20-37-13-15-38(16-14-37)27-9-5-6-12-30-27/h5-6,9-12,17-19,23-24H,2-4,7-8,13-16,20H2,1H3,(H,31,32,36)(H2,33,34,35). The van der Waals surface area contributed by atoms with Gasteiger partial charge in [0.25, 0.3) is 0 Å². The first-order valence-electron chi connectivity index (χ1n) is 14.0. The highest BCUT2D eigenvalue weighted by atomic mass is 32.1. The highest BCUT2D eigenvalue weighted by molar-refractivity contribution is 7.15. The van der Waals surface area contributed by atoms with Gasteiger partial charge >= 0.3 is 0 Å². The third-order valence-corrected chi connectivity index (χ3v) is 8.55. The van der Waals surface area contributed by atoms with Crippen molar-refractivity contribution in [1.82, 2.24) is 30.5 Å². The van der Waals surface area contributed by atoms with Crippen LogP contribution in [-0.4, -0.2) is 58.0 Å². The molecule has 9 nitrogen and oxygen atoms in total. The number of allylic oxidation sites excluding steroid dienone is 1. The SMILES string of the molecule is CC1=CC(c2cnc(Nc3ccc(CN4CCN(c5ccccn5)CC4)cn3)s2)N=C(NC2CCCCC2)N1. The second kappa shape index (κ2) is 12.1. The molecule has 2 aliphatic heterocycles. The summed E-state index contributed by atoms with van der Waals surface area (Å²) in [6, 6.07) is 10.8. The van der Waals surface area contributed by atoms with Gasteiger partial charge in [-0.2, -0.15) is 0 Å². The summed E-state index contributed by atoms with van der Waals surface area (Å²) < 4.78 is 0. The molecule has 1 aliphatic carbocycles. The molecule has 0 radical (unpaired) electrons. The highest BCUT2D eigenvalue weighted by Crippen LogP contribution is 2.31. The maximum atomic E-state index is 4.94. The summed E-state index contributed by atoms with van der Waals surface area (Å²) in [7, 11) is 0. The fourth-order valence-electron chi connectivity index (χ4n) is 5.45. The molecule has 2 fully saturated rings. The molecule has 1 saturated carbocycles. The molecule has 0 amide bonds. The average Bonchev–Trinajstić information content (AvgIpc) is 3.44. The van der Waals surface area contributed by atoms with Gasteiger partial charge in [0.15, 0.2) is 11.1 Å². The first-order chi connectivity index (χ1) is 19.2. The number of thiazole rings is 1. The smallest absolute Gasteiger partial charge is 0.196 e. The maximum Gasteiger partial charge on any atom is 0.196 e. The van der Waals surface area contributed by atoms with Gasteiger partial charge in [0.1, 0.15) is 17.7 Å². The van der Waals surface area contributed by atoms with Gasteiger partial charge in [0.2, 0.25) is 0 Å². The van der Waals surface area contributed by atoms with E-state index in [1.165, 1.54) is 37.7 Å². The van der Waals surface area contributed by atoms with Crippen LogP contribution < -0.4 is 20.9 Å². The molecule has 3 aromatic heterocycles. The Bertz CT molecular complexity index is 1270. The summed E-state index contributed by atoms with van der Waals surface area (Å²) in [5, 5.41) is 11.2. The number of hydrogen-bond acceptors (Lipinski definition) is 10. The van der Waals surface area contributed by atoms with Crippen molar-refractivity contribution in [3.8, 4) is 0 Å². The number of piperazine rings is 1. The van der Waals surface area contributed by atoms with E-state index in [1.807, 2.05) is 36.8 Å². The number of nitrogens with zero attached hydrogens (tertiary/aromatic N) is 6. The normalized spacial score (nSPS) is 20.6. The van der Waals surface area contributed by atoms with Crippen LogP contribution in [0, 0.1) is 0 Å². The molecule has 39 heavy (non-hydrogen) atoms. The molecule has 0 bridgehead atoms. The second-order valence-electron chi connectivity index (χ2n) is 10.6. The Balaban J connectivity index is 1.02. The van der Waals surface area contributed by atoms with Crippen LogP contribution >= 0.6 is 11.3 Å². The minimum Gasteiger partial charge on any atom is -0.354 e. The fourth-order valence-corrected chi connectivity index (χ4v) is 6.28. The maximum absolute atomic E-state index is 4.94. The quantitative estimate of drug-likeness (QED) is 0.390. The van der Waals surface area contributed by atoms with Crippen molar-refractivity contribution in [3.63, 3.8) is 0 Å². The molecule has 6 rings (SSSR count). The number of aromatic nitrogens is 3. The molecular weight excluding hydrogens is 506 g/mol. The van der Waals surface area contributed by atoms with Crippen molar-refractivity contribution in [3.05, 3.63) is 71.1 Å². The molecule has 0 spiro atoms. The van der Waals surface area contributed by atoms with Gasteiger partial charge in [-0.1, -0.05) is 42.7 Å². The van der Waals surface area contributed by atoms with Crippen molar-refractivity contribution in [1.29, 1.82) is 0 Å². The number of hydrogen-bond donors (Lipinski definition) is 3. The molecule has 204 valence electrons. The van der Waals surface area contributed by atoms with Crippen LogP contribution in [0.4, 0.5) is 16.8 Å². The number of pyridine rings is 2. The van der Waals surface area contributed by atoms with Crippen LogP contribution in [0.25, 0.3) is 0 Å². The van der Waals surface area contributed by atoms with Crippen LogP contribution in [0.2, 0.25) is 0 Å². The Morgan fingerprint density at radius 2 is 1.85 bits per heavy atom. The van der Waals surface area contributed by atoms with Crippen molar-refractivity contribution >= 4 is 34.1 Å². The molecule has 3 aromatic rings. The highest BCUT2D eigenvalue weighted by Gasteiger charge is 2.21. The number of guanidine groups is 1. The van der Waals surface area contributed by atoms with E-state index in [1.54, 1.807) is 11.3 Å².